The molecule has 0 aromatic heterocycles. The van der Waals surface area contributed by atoms with Crippen LogP contribution in [0.15, 0.2) is 0 Å². The highest BCUT2D eigenvalue weighted by molar-refractivity contribution is 5.77. The molecule has 1 saturated carbocycles. The van der Waals surface area contributed by atoms with Gasteiger partial charge in [0.2, 0.25) is 0 Å². The highest BCUT2D eigenvalue weighted by Gasteiger charge is 2.64. The van der Waals surface area contributed by atoms with Gasteiger partial charge in [-0.3, -0.25) is 4.79 Å². The molecule has 13 heavy (non-hydrogen) atoms. The van der Waals surface area contributed by atoms with E-state index in [1.807, 2.05) is 20.8 Å². The maximum absolute atomic E-state index is 11.5. The van der Waals surface area contributed by atoms with Gasteiger partial charge in [-0.2, -0.15) is 0 Å². The molecule has 0 aromatic rings. The number of esters is 1. The van der Waals surface area contributed by atoms with Crippen molar-refractivity contribution in [2.24, 2.45) is 11.3 Å². The van der Waals surface area contributed by atoms with Crippen molar-refractivity contribution < 1.29 is 14.6 Å². The predicted molar refractivity (Wildman–Crippen MR) is 47.0 cm³/mol. The Bertz CT molecular complexity index is 259. The van der Waals surface area contributed by atoms with Gasteiger partial charge in [0.15, 0.2) is 0 Å². The maximum atomic E-state index is 11.5. The van der Waals surface area contributed by atoms with Gasteiger partial charge in [0.1, 0.15) is 5.60 Å². The van der Waals surface area contributed by atoms with Gasteiger partial charge in [-0.15, -0.1) is 0 Å². The van der Waals surface area contributed by atoms with Crippen molar-refractivity contribution in [1.82, 2.24) is 0 Å². The van der Waals surface area contributed by atoms with E-state index in [4.69, 9.17) is 4.74 Å². The molecule has 0 radical (unpaired) electrons. The van der Waals surface area contributed by atoms with Crippen LogP contribution in [0.1, 0.15) is 33.6 Å². The molecule has 0 aromatic carbocycles. The van der Waals surface area contributed by atoms with E-state index in [0.29, 0.717) is 6.42 Å². The second-order valence-corrected chi connectivity index (χ2v) is 4.90. The zero-order chi connectivity index (χ0) is 9.85. The van der Waals surface area contributed by atoms with E-state index >= 15 is 0 Å². The normalized spacial score (nSPS) is 47.5. The van der Waals surface area contributed by atoms with Crippen LogP contribution in [0, 0.1) is 11.3 Å². The largest absolute Gasteiger partial charge is 0.456 e. The van der Waals surface area contributed by atoms with Gasteiger partial charge in [-0.1, -0.05) is 13.8 Å². The summed E-state index contributed by atoms with van der Waals surface area (Å²) in [6, 6.07) is 0. The van der Waals surface area contributed by atoms with E-state index < -0.39 is 11.7 Å². The van der Waals surface area contributed by atoms with E-state index in [2.05, 4.69) is 0 Å². The number of carbonyl (C=O) groups is 1. The van der Waals surface area contributed by atoms with Gasteiger partial charge in [0, 0.05) is 5.41 Å². The number of ether oxygens (including phenoxy) is 1. The summed E-state index contributed by atoms with van der Waals surface area (Å²) in [7, 11) is 0. The molecule has 1 saturated heterocycles. The average molecular weight is 184 g/mol. The number of hydrogen-bond donors (Lipinski definition) is 1. The summed E-state index contributed by atoms with van der Waals surface area (Å²) in [6.45, 7) is 5.85. The van der Waals surface area contributed by atoms with E-state index in [1.165, 1.54) is 0 Å². The van der Waals surface area contributed by atoms with Crippen molar-refractivity contribution >= 4 is 5.97 Å². The van der Waals surface area contributed by atoms with Crippen molar-refractivity contribution in [3.05, 3.63) is 0 Å². The standard InChI is InChI=1S/C10H16O3/c1-9(2)6-4-5-7(11)10(9,3)13-8(6)12/h6-7,11H,4-5H2,1-3H3/t6-,7+,10-/m1/s1. The van der Waals surface area contributed by atoms with Crippen molar-refractivity contribution in [1.29, 1.82) is 0 Å². The Morgan fingerprint density at radius 1 is 1.38 bits per heavy atom. The number of aliphatic hydroxyl groups is 1. The van der Waals surface area contributed by atoms with Crippen molar-refractivity contribution in [2.75, 3.05) is 0 Å². The highest BCUT2D eigenvalue weighted by Crippen LogP contribution is 2.55. The first-order valence-electron chi connectivity index (χ1n) is 4.80. The van der Waals surface area contributed by atoms with E-state index in [9.17, 15) is 9.90 Å². The van der Waals surface area contributed by atoms with Gasteiger partial charge < -0.3 is 9.84 Å². The first-order chi connectivity index (χ1) is 5.89. The molecule has 1 aliphatic heterocycles. The lowest BCUT2D eigenvalue weighted by molar-refractivity contribution is -0.163. The van der Waals surface area contributed by atoms with Crippen molar-refractivity contribution in [3.63, 3.8) is 0 Å². The van der Waals surface area contributed by atoms with Gasteiger partial charge in [0.05, 0.1) is 12.0 Å². The molecule has 2 rings (SSSR count). The Morgan fingerprint density at radius 2 is 2.00 bits per heavy atom. The van der Waals surface area contributed by atoms with E-state index in [-0.39, 0.29) is 17.3 Å². The Hall–Kier alpha value is -0.570. The van der Waals surface area contributed by atoms with Crippen LogP contribution < -0.4 is 0 Å². The van der Waals surface area contributed by atoms with E-state index in [1.54, 1.807) is 0 Å². The molecule has 2 aliphatic rings. The van der Waals surface area contributed by atoms with Crippen LogP contribution in [-0.2, 0) is 9.53 Å². The summed E-state index contributed by atoms with van der Waals surface area (Å²) in [5.41, 5.74) is -0.908. The summed E-state index contributed by atoms with van der Waals surface area (Å²) >= 11 is 0. The zero-order valence-electron chi connectivity index (χ0n) is 8.33. The lowest BCUT2D eigenvalue weighted by atomic mass is 9.61. The molecule has 74 valence electrons. The summed E-state index contributed by atoms with van der Waals surface area (Å²) in [5, 5.41) is 9.83. The minimum Gasteiger partial charge on any atom is -0.456 e. The summed E-state index contributed by atoms with van der Waals surface area (Å²) in [6.07, 6.45) is 0.920. The number of fused-ring (bicyclic) bond motifs is 2. The fourth-order valence-corrected chi connectivity index (χ4v) is 2.63. The quantitative estimate of drug-likeness (QED) is 0.573. The van der Waals surface area contributed by atoms with E-state index in [0.717, 1.165) is 6.42 Å². The first kappa shape index (κ1) is 9.00. The minimum absolute atomic E-state index is 0.0269. The van der Waals surface area contributed by atoms with Crippen LogP contribution >= 0.6 is 0 Å². The monoisotopic (exact) mass is 184 g/mol. The summed E-state index contributed by atoms with van der Waals surface area (Å²) < 4.78 is 5.31. The molecule has 1 aliphatic carbocycles. The summed E-state index contributed by atoms with van der Waals surface area (Å²) in [4.78, 5) is 11.5. The zero-order valence-corrected chi connectivity index (χ0v) is 8.33. The van der Waals surface area contributed by atoms with Crippen LogP contribution in [0.5, 0.6) is 0 Å². The molecule has 3 heteroatoms. The van der Waals surface area contributed by atoms with Crippen LogP contribution in [0.3, 0.4) is 0 Å². The van der Waals surface area contributed by atoms with Gasteiger partial charge >= 0.3 is 5.97 Å². The molecule has 1 N–H and O–H groups in total. The third-order valence-electron chi connectivity index (χ3n) is 4.11. The average Bonchev–Trinajstić information content (AvgIpc) is 2.13. The first-order valence-corrected chi connectivity index (χ1v) is 4.80. The van der Waals surface area contributed by atoms with Gasteiger partial charge in [-0.25, -0.2) is 0 Å². The Balaban J connectivity index is 2.46. The molecule has 3 nitrogen and oxygen atoms in total. The second-order valence-electron chi connectivity index (χ2n) is 4.90. The predicted octanol–water partition coefficient (Wildman–Crippen LogP) is 1.10. The highest BCUT2D eigenvalue weighted by atomic mass is 16.6. The molecule has 0 unspecified atom stereocenters. The molecule has 1 heterocycles. The fraction of sp³-hybridized carbons (Fsp3) is 0.900. The minimum atomic E-state index is -0.674. The number of aliphatic hydroxyl groups excluding tert-OH is 1. The molecule has 2 bridgehead atoms. The number of carbonyl (C=O) groups excluding carboxylic acids is 1. The fourth-order valence-electron chi connectivity index (χ4n) is 2.63. The van der Waals surface area contributed by atoms with Gasteiger partial charge in [0.25, 0.3) is 0 Å². The lowest BCUT2D eigenvalue weighted by Gasteiger charge is -2.44. The Morgan fingerprint density at radius 3 is 2.54 bits per heavy atom. The van der Waals surface area contributed by atoms with Crippen LogP contribution in [0.4, 0.5) is 0 Å². The molecular formula is C10H16O3. The maximum Gasteiger partial charge on any atom is 0.310 e. The second kappa shape index (κ2) is 2.27. The number of hydrogen-bond acceptors (Lipinski definition) is 3. The molecule has 3 atom stereocenters. The molecular weight excluding hydrogens is 168 g/mol. The lowest BCUT2D eigenvalue weighted by Crippen LogP contribution is -2.53. The Labute approximate surface area is 78.1 Å². The number of rotatable bonds is 0. The Kier molecular flexibility index (Phi) is 1.57. The molecule has 0 spiro atoms. The summed E-state index contributed by atoms with van der Waals surface area (Å²) in [5.74, 6) is -0.162. The smallest absolute Gasteiger partial charge is 0.310 e. The van der Waals surface area contributed by atoms with Crippen LogP contribution in [-0.4, -0.2) is 22.8 Å². The third-order valence-corrected chi connectivity index (χ3v) is 4.11. The molecule has 0 amide bonds. The third kappa shape index (κ3) is 0.857. The van der Waals surface area contributed by atoms with Crippen LogP contribution in [0.25, 0.3) is 0 Å². The van der Waals surface area contributed by atoms with Crippen molar-refractivity contribution in [2.45, 2.75) is 45.3 Å². The van der Waals surface area contributed by atoms with Gasteiger partial charge in [-0.05, 0) is 19.8 Å². The van der Waals surface area contributed by atoms with Crippen LogP contribution in [0.2, 0.25) is 0 Å². The SMILES string of the molecule is CC1(C)[C@@H]2CC[C@H](O)[C@@]1(C)OC2=O. The topological polar surface area (TPSA) is 46.5 Å². The molecule has 2 fully saturated rings. The van der Waals surface area contributed by atoms with Crippen molar-refractivity contribution in [3.8, 4) is 0 Å².